The van der Waals surface area contributed by atoms with Crippen molar-refractivity contribution in [3.05, 3.63) is 48.4 Å². The summed E-state index contributed by atoms with van der Waals surface area (Å²) in [6.45, 7) is 0. The predicted molar refractivity (Wildman–Crippen MR) is 105 cm³/mol. The molecule has 3 aromatic rings. The molecule has 0 amide bonds. The van der Waals surface area contributed by atoms with E-state index in [-0.39, 0.29) is 0 Å². The van der Waals surface area contributed by atoms with Crippen molar-refractivity contribution in [3.8, 4) is 0 Å². The summed E-state index contributed by atoms with van der Waals surface area (Å²) in [5.41, 5.74) is 2.27. The fourth-order valence-corrected chi connectivity index (χ4v) is 4.08. The zero-order valence-corrected chi connectivity index (χ0v) is 15.2. The molecule has 0 saturated heterocycles. The Balaban J connectivity index is 1.19. The lowest BCUT2D eigenvalue weighted by molar-refractivity contribution is 0.313. The van der Waals surface area contributed by atoms with Gasteiger partial charge in [-0.2, -0.15) is 5.10 Å². The van der Waals surface area contributed by atoms with Gasteiger partial charge < -0.3 is 5.32 Å². The number of unbranched alkanes of at least 4 members (excludes halogenated alkanes) is 1. The summed E-state index contributed by atoms with van der Waals surface area (Å²) >= 11 is 0. The molecule has 4 rings (SSSR count). The SMILES string of the molecule is c1ccc(CCCC[C@H]2CC[C@H](Nc3ncnc4[nH]ncc34)CC2)cc1. The Bertz CT molecular complexity index is 805. The Morgan fingerprint density at radius 1 is 1.00 bits per heavy atom. The fraction of sp³-hybridized carbons (Fsp3) is 0.476. The van der Waals surface area contributed by atoms with Crippen LogP contribution in [-0.4, -0.2) is 26.2 Å². The second-order valence-electron chi connectivity index (χ2n) is 7.45. The van der Waals surface area contributed by atoms with Gasteiger partial charge in [0, 0.05) is 6.04 Å². The largest absolute Gasteiger partial charge is 0.367 e. The maximum absolute atomic E-state index is 4.40. The van der Waals surface area contributed by atoms with Crippen LogP contribution in [0.2, 0.25) is 0 Å². The molecule has 1 aliphatic carbocycles. The molecule has 1 fully saturated rings. The van der Waals surface area contributed by atoms with E-state index in [1.165, 1.54) is 56.9 Å². The Labute approximate surface area is 154 Å². The van der Waals surface area contributed by atoms with E-state index in [0.717, 1.165) is 22.8 Å². The lowest BCUT2D eigenvalue weighted by Crippen LogP contribution is -2.26. The maximum Gasteiger partial charge on any atom is 0.160 e. The van der Waals surface area contributed by atoms with Crippen molar-refractivity contribution in [2.75, 3.05) is 5.32 Å². The number of aryl methyl sites for hydroxylation is 1. The molecule has 2 N–H and O–H groups in total. The molecular formula is C21H27N5. The highest BCUT2D eigenvalue weighted by molar-refractivity contribution is 5.85. The van der Waals surface area contributed by atoms with Gasteiger partial charge in [0.2, 0.25) is 0 Å². The summed E-state index contributed by atoms with van der Waals surface area (Å²) in [4.78, 5) is 8.60. The van der Waals surface area contributed by atoms with Gasteiger partial charge in [0.15, 0.2) is 5.65 Å². The second kappa shape index (κ2) is 8.30. The summed E-state index contributed by atoms with van der Waals surface area (Å²) in [7, 11) is 0. The lowest BCUT2D eigenvalue weighted by atomic mass is 9.83. The van der Waals surface area contributed by atoms with Crippen molar-refractivity contribution in [2.45, 2.75) is 57.4 Å². The topological polar surface area (TPSA) is 66.5 Å². The third-order valence-electron chi connectivity index (χ3n) is 5.61. The molecule has 0 unspecified atom stereocenters. The van der Waals surface area contributed by atoms with Crippen molar-refractivity contribution < 1.29 is 0 Å². The van der Waals surface area contributed by atoms with Gasteiger partial charge in [-0.3, -0.25) is 5.10 Å². The number of aromatic nitrogens is 4. The van der Waals surface area contributed by atoms with Gasteiger partial charge in [0.05, 0.1) is 11.6 Å². The Morgan fingerprint density at radius 2 is 1.85 bits per heavy atom. The van der Waals surface area contributed by atoms with Gasteiger partial charge >= 0.3 is 0 Å². The van der Waals surface area contributed by atoms with Crippen LogP contribution >= 0.6 is 0 Å². The number of hydrogen-bond acceptors (Lipinski definition) is 4. The summed E-state index contributed by atoms with van der Waals surface area (Å²) in [5, 5.41) is 11.6. The summed E-state index contributed by atoms with van der Waals surface area (Å²) in [6, 6.07) is 11.4. The van der Waals surface area contributed by atoms with Crippen LogP contribution in [0.1, 0.15) is 50.5 Å². The van der Waals surface area contributed by atoms with Crippen molar-refractivity contribution in [1.29, 1.82) is 0 Å². The highest BCUT2D eigenvalue weighted by atomic mass is 15.2. The molecule has 0 aliphatic heterocycles. The lowest BCUT2D eigenvalue weighted by Gasteiger charge is -2.29. The first kappa shape index (κ1) is 17.0. The van der Waals surface area contributed by atoms with Gasteiger partial charge in [-0.15, -0.1) is 0 Å². The van der Waals surface area contributed by atoms with Crippen LogP contribution in [0, 0.1) is 5.92 Å². The third kappa shape index (κ3) is 4.21. The maximum atomic E-state index is 4.40. The standard InChI is InChI=1S/C21H27N5/c1-2-6-16(7-3-1)8-4-5-9-17-10-12-18(13-11-17)25-20-19-14-24-26-21(19)23-15-22-20/h1-3,6-7,14-15,17-18H,4-5,8-13H2,(H2,22,23,24,25,26)/t17-,18-. The first-order valence-corrected chi connectivity index (χ1v) is 9.83. The second-order valence-corrected chi connectivity index (χ2v) is 7.45. The van der Waals surface area contributed by atoms with E-state index in [9.17, 15) is 0 Å². The highest BCUT2D eigenvalue weighted by Gasteiger charge is 2.21. The monoisotopic (exact) mass is 349 g/mol. The van der Waals surface area contributed by atoms with E-state index >= 15 is 0 Å². The number of nitrogens with one attached hydrogen (secondary N) is 2. The van der Waals surface area contributed by atoms with Crippen molar-refractivity contribution in [1.82, 2.24) is 20.2 Å². The average Bonchev–Trinajstić information content (AvgIpc) is 3.17. The van der Waals surface area contributed by atoms with Gasteiger partial charge in [-0.1, -0.05) is 43.2 Å². The summed E-state index contributed by atoms with van der Waals surface area (Å²) in [5.74, 6) is 1.80. The number of hydrogen-bond donors (Lipinski definition) is 2. The summed E-state index contributed by atoms with van der Waals surface area (Å²) in [6.07, 6.45) is 13.7. The molecule has 0 radical (unpaired) electrons. The molecule has 1 aliphatic rings. The molecule has 26 heavy (non-hydrogen) atoms. The van der Waals surface area contributed by atoms with Crippen LogP contribution in [0.3, 0.4) is 0 Å². The Hall–Kier alpha value is -2.43. The number of H-pyrrole nitrogens is 1. The number of nitrogens with zero attached hydrogens (tertiary/aromatic N) is 3. The fourth-order valence-electron chi connectivity index (χ4n) is 4.08. The third-order valence-corrected chi connectivity index (χ3v) is 5.61. The molecule has 0 bridgehead atoms. The molecule has 1 saturated carbocycles. The van der Waals surface area contributed by atoms with Crippen LogP contribution in [-0.2, 0) is 6.42 Å². The van der Waals surface area contributed by atoms with Crippen LogP contribution in [0.4, 0.5) is 5.82 Å². The quantitative estimate of drug-likeness (QED) is 0.605. The minimum Gasteiger partial charge on any atom is -0.367 e. The number of anilines is 1. The van der Waals surface area contributed by atoms with Gasteiger partial charge in [-0.25, -0.2) is 9.97 Å². The minimum absolute atomic E-state index is 0.517. The van der Waals surface area contributed by atoms with Crippen LogP contribution in [0.15, 0.2) is 42.9 Å². The van der Waals surface area contributed by atoms with Crippen LogP contribution < -0.4 is 5.32 Å². The van der Waals surface area contributed by atoms with Crippen molar-refractivity contribution >= 4 is 16.9 Å². The molecule has 5 nitrogen and oxygen atoms in total. The molecule has 136 valence electrons. The molecule has 2 aromatic heterocycles. The van der Waals surface area contributed by atoms with E-state index in [4.69, 9.17) is 0 Å². The molecule has 0 spiro atoms. The first-order valence-electron chi connectivity index (χ1n) is 9.83. The summed E-state index contributed by atoms with van der Waals surface area (Å²) < 4.78 is 0. The smallest absolute Gasteiger partial charge is 0.160 e. The van der Waals surface area contributed by atoms with E-state index in [2.05, 4.69) is 55.8 Å². The Kier molecular flexibility index (Phi) is 5.43. The van der Waals surface area contributed by atoms with Gasteiger partial charge in [0.1, 0.15) is 12.1 Å². The normalized spacial score (nSPS) is 20.3. The van der Waals surface area contributed by atoms with E-state index in [1.807, 2.05) is 0 Å². The number of fused-ring (bicyclic) bond motifs is 1. The highest BCUT2D eigenvalue weighted by Crippen LogP contribution is 2.30. The average molecular weight is 349 g/mol. The molecule has 5 heteroatoms. The number of aromatic amines is 1. The zero-order valence-electron chi connectivity index (χ0n) is 15.2. The molecule has 2 heterocycles. The Morgan fingerprint density at radius 3 is 2.69 bits per heavy atom. The van der Waals surface area contributed by atoms with Crippen LogP contribution in [0.25, 0.3) is 11.0 Å². The van der Waals surface area contributed by atoms with Gasteiger partial charge in [0.25, 0.3) is 0 Å². The van der Waals surface area contributed by atoms with E-state index in [1.54, 1.807) is 12.5 Å². The predicted octanol–water partition coefficient (Wildman–Crippen LogP) is 4.74. The van der Waals surface area contributed by atoms with Crippen molar-refractivity contribution in [3.63, 3.8) is 0 Å². The van der Waals surface area contributed by atoms with E-state index < -0.39 is 0 Å². The number of benzene rings is 1. The van der Waals surface area contributed by atoms with E-state index in [0.29, 0.717) is 6.04 Å². The molecule has 0 atom stereocenters. The number of rotatable bonds is 7. The molecule has 1 aromatic carbocycles. The van der Waals surface area contributed by atoms with Gasteiger partial charge in [-0.05, 0) is 50.0 Å². The molecular weight excluding hydrogens is 322 g/mol. The van der Waals surface area contributed by atoms with Crippen molar-refractivity contribution in [2.24, 2.45) is 5.92 Å². The minimum atomic E-state index is 0.517. The first-order chi connectivity index (χ1) is 12.9. The zero-order chi connectivity index (χ0) is 17.6. The van der Waals surface area contributed by atoms with Crippen LogP contribution in [0.5, 0.6) is 0 Å².